The summed E-state index contributed by atoms with van der Waals surface area (Å²) in [5.74, 6) is -0.875. The van der Waals surface area contributed by atoms with E-state index in [4.69, 9.17) is 4.74 Å². The van der Waals surface area contributed by atoms with Crippen molar-refractivity contribution in [3.8, 4) is 0 Å². The number of thiazole rings is 1. The molecule has 32 heavy (non-hydrogen) atoms. The molecule has 0 N–H and O–H groups in total. The summed E-state index contributed by atoms with van der Waals surface area (Å²) >= 11 is 1.28. The molecule has 10 heteroatoms. The third-order valence-electron chi connectivity index (χ3n) is 5.36. The van der Waals surface area contributed by atoms with Gasteiger partial charge in [0.15, 0.2) is 4.80 Å². The van der Waals surface area contributed by atoms with Crippen LogP contribution in [-0.2, 0) is 21.8 Å². The molecule has 0 radical (unpaired) electrons. The second-order valence-electron chi connectivity index (χ2n) is 7.54. The average Bonchev–Trinajstić information content (AvgIpc) is 3.58. The highest BCUT2D eigenvalue weighted by atomic mass is 32.2. The molecule has 1 aromatic heterocycles. The van der Waals surface area contributed by atoms with E-state index in [-0.39, 0.29) is 10.9 Å². The van der Waals surface area contributed by atoms with E-state index in [1.165, 1.54) is 39.9 Å². The molecule has 3 aromatic rings. The van der Waals surface area contributed by atoms with E-state index in [1.54, 1.807) is 43.8 Å². The molecule has 8 nitrogen and oxygen atoms in total. The molecule has 0 saturated heterocycles. The van der Waals surface area contributed by atoms with Gasteiger partial charge in [-0.05, 0) is 62.2 Å². The van der Waals surface area contributed by atoms with Crippen LogP contribution >= 0.6 is 11.3 Å². The largest absolute Gasteiger partial charge is 0.462 e. The number of ether oxygens (including phenoxy) is 1. The lowest BCUT2D eigenvalue weighted by molar-refractivity contribution is 0.0526. The normalized spacial score (nSPS) is 14.8. The van der Waals surface area contributed by atoms with Crippen molar-refractivity contribution in [3.05, 3.63) is 58.4 Å². The maximum Gasteiger partial charge on any atom is 0.338 e. The third-order valence-corrected chi connectivity index (χ3v) is 8.38. The van der Waals surface area contributed by atoms with Crippen molar-refractivity contribution in [1.29, 1.82) is 0 Å². The van der Waals surface area contributed by atoms with Crippen molar-refractivity contribution in [2.24, 2.45) is 12.0 Å². The second-order valence-corrected chi connectivity index (χ2v) is 10.5. The Morgan fingerprint density at radius 2 is 1.81 bits per heavy atom. The maximum atomic E-state index is 12.7. The number of amides is 1. The first-order valence-electron chi connectivity index (χ1n) is 10.2. The fourth-order valence-electron chi connectivity index (χ4n) is 3.30. The van der Waals surface area contributed by atoms with Gasteiger partial charge in [-0.2, -0.15) is 9.30 Å². The van der Waals surface area contributed by atoms with E-state index >= 15 is 0 Å². The van der Waals surface area contributed by atoms with Crippen LogP contribution in [0.5, 0.6) is 0 Å². The van der Waals surface area contributed by atoms with Crippen LogP contribution in [-0.4, -0.2) is 48.9 Å². The summed E-state index contributed by atoms with van der Waals surface area (Å²) in [7, 11) is -0.195. The molecular weight excluding hydrogens is 450 g/mol. The summed E-state index contributed by atoms with van der Waals surface area (Å²) in [5.41, 5.74) is 1.56. The summed E-state index contributed by atoms with van der Waals surface area (Å²) in [4.78, 5) is 29.5. The molecule has 1 fully saturated rings. The lowest BCUT2D eigenvalue weighted by atomic mass is 10.2. The Morgan fingerprint density at radius 1 is 1.16 bits per heavy atom. The minimum Gasteiger partial charge on any atom is -0.462 e. The maximum absolute atomic E-state index is 12.7. The van der Waals surface area contributed by atoms with Gasteiger partial charge in [0, 0.05) is 25.7 Å². The van der Waals surface area contributed by atoms with Crippen LogP contribution in [0.2, 0.25) is 0 Å². The first-order chi connectivity index (χ1) is 15.2. The highest BCUT2D eigenvalue weighted by Crippen LogP contribution is 2.30. The van der Waals surface area contributed by atoms with Crippen LogP contribution < -0.4 is 4.80 Å². The van der Waals surface area contributed by atoms with Crippen molar-refractivity contribution >= 4 is 43.5 Å². The summed E-state index contributed by atoms with van der Waals surface area (Å²) in [5, 5.41) is 0. The van der Waals surface area contributed by atoms with Gasteiger partial charge >= 0.3 is 5.97 Å². The zero-order valence-electron chi connectivity index (χ0n) is 17.9. The van der Waals surface area contributed by atoms with Gasteiger partial charge in [0.2, 0.25) is 10.0 Å². The lowest BCUT2D eigenvalue weighted by Gasteiger charge is -2.16. The molecule has 4 rings (SSSR count). The van der Waals surface area contributed by atoms with Gasteiger partial charge in [-0.25, -0.2) is 13.2 Å². The number of aromatic nitrogens is 1. The third kappa shape index (κ3) is 4.25. The molecule has 0 spiro atoms. The molecule has 168 valence electrons. The summed E-state index contributed by atoms with van der Waals surface area (Å²) < 4.78 is 34.3. The van der Waals surface area contributed by atoms with Crippen molar-refractivity contribution in [2.45, 2.75) is 30.7 Å². The summed E-state index contributed by atoms with van der Waals surface area (Å²) in [6, 6.07) is 11.1. The van der Waals surface area contributed by atoms with E-state index in [0.717, 1.165) is 23.1 Å². The zero-order valence-corrected chi connectivity index (χ0v) is 19.6. The van der Waals surface area contributed by atoms with Crippen LogP contribution in [0, 0.1) is 0 Å². The molecule has 1 heterocycles. The number of benzene rings is 2. The van der Waals surface area contributed by atoms with E-state index in [9.17, 15) is 18.0 Å². The van der Waals surface area contributed by atoms with Crippen LogP contribution in [0.4, 0.5) is 0 Å². The van der Waals surface area contributed by atoms with Gasteiger partial charge < -0.3 is 9.30 Å². The van der Waals surface area contributed by atoms with E-state index in [2.05, 4.69) is 4.99 Å². The highest BCUT2D eigenvalue weighted by molar-refractivity contribution is 7.89. The fraction of sp³-hybridized carbons (Fsp3) is 0.318. The fourth-order valence-corrected chi connectivity index (χ4v) is 5.78. The molecule has 1 saturated carbocycles. The predicted molar refractivity (Wildman–Crippen MR) is 121 cm³/mol. The molecule has 0 atom stereocenters. The Hall–Kier alpha value is -2.82. The monoisotopic (exact) mass is 473 g/mol. The van der Waals surface area contributed by atoms with Crippen LogP contribution in [0.25, 0.3) is 10.2 Å². The average molecular weight is 474 g/mol. The zero-order chi connectivity index (χ0) is 23.0. The van der Waals surface area contributed by atoms with Gasteiger partial charge in [-0.15, -0.1) is 0 Å². The summed E-state index contributed by atoms with van der Waals surface area (Å²) in [6.07, 6.45) is 1.75. The first-order valence-corrected chi connectivity index (χ1v) is 12.4. The van der Waals surface area contributed by atoms with Crippen LogP contribution in [0.1, 0.15) is 40.5 Å². The van der Waals surface area contributed by atoms with Gasteiger partial charge in [0.25, 0.3) is 5.91 Å². The number of aryl methyl sites for hydroxylation is 1. The molecule has 0 unspecified atom stereocenters. The van der Waals surface area contributed by atoms with Crippen molar-refractivity contribution in [3.63, 3.8) is 0 Å². The Kier molecular flexibility index (Phi) is 6.02. The lowest BCUT2D eigenvalue weighted by Crippen LogP contribution is -2.28. The smallest absolute Gasteiger partial charge is 0.338 e. The molecule has 0 bridgehead atoms. The molecule has 1 amide bonds. The number of hydrogen-bond acceptors (Lipinski definition) is 6. The van der Waals surface area contributed by atoms with Gasteiger partial charge in [-0.3, -0.25) is 4.79 Å². The number of rotatable bonds is 6. The quantitative estimate of drug-likeness (QED) is 0.513. The molecule has 1 aliphatic rings. The number of esters is 1. The number of carbonyl (C=O) groups excluding carboxylic acids is 2. The van der Waals surface area contributed by atoms with Crippen molar-refractivity contribution in [1.82, 2.24) is 8.87 Å². The Balaban J connectivity index is 1.61. The number of fused-ring (bicyclic) bond motifs is 1. The topological polar surface area (TPSA) is 98.0 Å². The first kappa shape index (κ1) is 22.4. The van der Waals surface area contributed by atoms with Gasteiger partial charge in [-0.1, -0.05) is 11.3 Å². The number of nitrogens with zero attached hydrogens (tertiary/aromatic N) is 3. The van der Waals surface area contributed by atoms with E-state index in [0.29, 0.717) is 22.5 Å². The molecule has 2 aromatic carbocycles. The Labute approximate surface area is 189 Å². The van der Waals surface area contributed by atoms with E-state index < -0.39 is 21.9 Å². The highest BCUT2D eigenvalue weighted by Gasteiger charge is 2.35. The van der Waals surface area contributed by atoms with E-state index in [1.807, 2.05) is 0 Å². The predicted octanol–water partition coefficient (Wildman–Crippen LogP) is 2.94. The molecule has 1 aliphatic carbocycles. The standard InChI is InChI=1S/C22H23N3O5S2/c1-4-30-21(27)15-7-12-18-19(13-15)31-22(24(18)2)23-20(26)14-5-10-17(11-6-14)32(28,29)25(3)16-8-9-16/h5-7,10-13,16H,4,8-9H2,1-3H3. The van der Waals surface area contributed by atoms with Crippen LogP contribution in [0.3, 0.4) is 0 Å². The minimum atomic E-state index is -3.56. The molecular formula is C22H23N3O5S2. The number of sulfonamides is 1. The number of hydrogen-bond donors (Lipinski definition) is 0. The second kappa shape index (κ2) is 8.61. The van der Waals surface area contributed by atoms with Gasteiger partial charge in [0.05, 0.1) is 27.3 Å². The van der Waals surface area contributed by atoms with Crippen molar-refractivity contribution in [2.75, 3.05) is 13.7 Å². The Bertz CT molecular complexity index is 1370. The Morgan fingerprint density at radius 3 is 2.44 bits per heavy atom. The summed E-state index contributed by atoms with van der Waals surface area (Å²) in [6.45, 7) is 2.04. The SMILES string of the molecule is CCOC(=O)c1ccc2c(c1)sc(=NC(=O)c1ccc(S(=O)(=O)N(C)C3CC3)cc1)n2C. The molecule has 0 aliphatic heterocycles. The number of carbonyl (C=O) groups is 2. The van der Waals surface area contributed by atoms with Crippen molar-refractivity contribution < 1.29 is 22.7 Å². The minimum absolute atomic E-state index is 0.0635. The van der Waals surface area contributed by atoms with Gasteiger partial charge in [0.1, 0.15) is 0 Å². The van der Waals surface area contributed by atoms with Crippen LogP contribution in [0.15, 0.2) is 52.4 Å².